The maximum Gasteiger partial charge on any atom is 0.217 e. The molecule has 0 aliphatic heterocycles. The Bertz CT molecular complexity index is 163. The lowest BCUT2D eigenvalue weighted by molar-refractivity contribution is -0.118. The highest BCUT2D eigenvalue weighted by Crippen LogP contribution is 2.09. The van der Waals surface area contributed by atoms with Gasteiger partial charge in [-0.3, -0.25) is 9.59 Å². The van der Waals surface area contributed by atoms with Gasteiger partial charge in [-0.2, -0.15) is 0 Å². The molecule has 0 rings (SSSR count). The van der Waals surface area contributed by atoms with E-state index in [0.29, 0.717) is 12.8 Å². The lowest BCUT2D eigenvalue weighted by Gasteiger charge is -1.99. The predicted octanol–water partition coefficient (Wildman–Crippen LogP) is 2.55. The fourth-order valence-corrected chi connectivity index (χ4v) is 1.65. The van der Waals surface area contributed by atoms with Crippen molar-refractivity contribution in [2.45, 2.75) is 51.4 Å². The molecule has 3 nitrogen and oxygen atoms in total. The van der Waals surface area contributed by atoms with E-state index in [9.17, 15) is 9.59 Å². The molecule has 0 unspecified atom stereocenters. The van der Waals surface area contributed by atoms with E-state index in [-0.39, 0.29) is 9.70 Å². The number of amides is 1. The molecular formula is C10H18INO2. The highest BCUT2D eigenvalue weighted by Gasteiger charge is 1.96. The van der Waals surface area contributed by atoms with Crippen LogP contribution in [0.3, 0.4) is 0 Å². The van der Waals surface area contributed by atoms with Crippen LogP contribution in [0.5, 0.6) is 0 Å². The third kappa shape index (κ3) is 11.9. The van der Waals surface area contributed by atoms with Crippen LogP contribution in [0.4, 0.5) is 0 Å². The summed E-state index contributed by atoms with van der Waals surface area (Å²) in [6.45, 7) is 0. The third-order valence-corrected chi connectivity index (χ3v) is 2.59. The van der Waals surface area contributed by atoms with Crippen LogP contribution in [-0.4, -0.2) is 9.70 Å². The SMILES string of the molecule is NC(=O)CCCCCCCCC(=O)I. The summed E-state index contributed by atoms with van der Waals surface area (Å²) in [6.07, 6.45) is 7.59. The standard InChI is InChI=1S/C10H18INO2/c11-9(13)7-5-3-1-2-4-6-8-10(12)14/h1-8H2,(H2,12,14). The zero-order valence-corrected chi connectivity index (χ0v) is 10.6. The second-order valence-corrected chi connectivity index (χ2v) is 4.65. The van der Waals surface area contributed by atoms with Crippen LogP contribution in [0.2, 0.25) is 0 Å². The maximum absolute atomic E-state index is 10.6. The van der Waals surface area contributed by atoms with Gasteiger partial charge in [-0.1, -0.05) is 25.7 Å². The molecule has 0 bridgehead atoms. The van der Waals surface area contributed by atoms with E-state index in [2.05, 4.69) is 0 Å². The molecule has 4 heteroatoms. The molecule has 2 N–H and O–H groups in total. The highest BCUT2D eigenvalue weighted by molar-refractivity contribution is 14.1. The quantitative estimate of drug-likeness (QED) is 0.404. The van der Waals surface area contributed by atoms with Crippen LogP contribution in [0.1, 0.15) is 51.4 Å². The molecule has 0 fully saturated rings. The minimum atomic E-state index is -0.208. The van der Waals surface area contributed by atoms with E-state index >= 15 is 0 Å². The average Bonchev–Trinajstić information content (AvgIpc) is 2.08. The summed E-state index contributed by atoms with van der Waals surface area (Å²) in [5.74, 6) is -0.208. The third-order valence-electron chi connectivity index (χ3n) is 2.05. The number of hydrogen-bond donors (Lipinski definition) is 1. The van der Waals surface area contributed by atoms with Crippen molar-refractivity contribution >= 4 is 32.3 Å². The Morgan fingerprint density at radius 1 is 0.857 bits per heavy atom. The van der Waals surface area contributed by atoms with Gasteiger partial charge in [-0.25, -0.2) is 0 Å². The Balaban J connectivity index is 2.99. The van der Waals surface area contributed by atoms with Crippen LogP contribution in [-0.2, 0) is 9.59 Å². The number of primary amides is 1. The summed E-state index contributed by atoms with van der Waals surface area (Å²) < 4.78 is 0.247. The van der Waals surface area contributed by atoms with Crippen LogP contribution in [0.25, 0.3) is 0 Å². The topological polar surface area (TPSA) is 60.2 Å². The van der Waals surface area contributed by atoms with Gasteiger partial charge in [0.15, 0.2) is 3.79 Å². The van der Waals surface area contributed by atoms with Crippen molar-refractivity contribution < 1.29 is 9.59 Å². The number of hydrogen-bond acceptors (Lipinski definition) is 2. The first kappa shape index (κ1) is 13.9. The van der Waals surface area contributed by atoms with Gasteiger partial charge < -0.3 is 5.73 Å². The monoisotopic (exact) mass is 311 g/mol. The summed E-state index contributed by atoms with van der Waals surface area (Å²) in [4.78, 5) is 21.0. The summed E-state index contributed by atoms with van der Waals surface area (Å²) in [5, 5.41) is 0. The van der Waals surface area contributed by atoms with Gasteiger partial charge in [0.1, 0.15) is 0 Å². The van der Waals surface area contributed by atoms with E-state index in [1.165, 1.54) is 0 Å². The van der Waals surface area contributed by atoms with Crippen molar-refractivity contribution in [2.75, 3.05) is 0 Å². The summed E-state index contributed by atoms with van der Waals surface area (Å²) in [7, 11) is 0. The molecule has 0 aromatic heterocycles. The molecule has 0 aliphatic carbocycles. The second-order valence-electron chi connectivity index (χ2n) is 3.44. The first-order chi connectivity index (χ1) is 6.63. The lowest BCUT2D eigenvalue weighted by atomic mass is 10.1. The molecule has 1 amide bonds. The maximum atomic E-state index is 10.6. The van der Waals surface area contributed by atoms with Gasteiger partial charge in [0.25, 0.3) is 0 Å². The van der Waals surface area contributed by atoms with E-state index in [1.807, 2.05) is 22.6 Å². The first-order valence-electron chi connectivity index (χ1n) is 5.09. The second kappa shape index (κ2) is 9.43. The molecule has 0 saturated heterocycles. The fourth-order valence-electron chi connectivity index (χ4n) is 1.27. The van der Waals surface area contributed by atoms with Crippen LogP contribution in [0, 0.1) is 0 Å². The Hall–Kier alpha value is -0.130. The lowest BCUT2D eigenvalue weighted by Crippen LogP contribution is -2.09. The number of carbonyl (C=O) groups is 2. The molecule has 82 valence electrons. The van der Waals surface area contributed by atoms with Gasteiger partial charge in [-0.05, 0) is 35.4 Å². The molecule has 0 aromatic rings. The van der Waals surface area contributed by atoms with E-state index < -0.39 is 0 Å². The Labute approximate surface area is 98.9 Å². The van der Waals surface area contributed by atoms with Gasteiger partial charge in [0, 0.05) is 12.8 Å². The summed E-state index contributed by atoms with van der Waals surface area (Å²) >= 11 is 1.83. The largest absolute Gasteiger partial charge is 0.370 e. The molecular weight excluding hydrogens is 293 g/mol. The number of halogens is 1. The van der Waals surface area contributed by atoms with Crippen molar-refractivity contribution in [3.05, 3.63) is 0 Å². The molecule has 0 atom stereocenters. The summed E-state index contributed by atoms with van der Waals surface area (Å²) in [6, 6.07) is 0. The number of rotatable bonds is 9. The fraction of sp³-hybridized carbons (Fsp3) is 0.800. The molecule has 0 spiro atoms. The van der Waals surface area contributed by atoms with E-state index in [0.717, 1.165) is 38.5 Å². The first-order valence-corrected chi connectivity index (χ1v) is 6.17. The van der Waals surface area contributed by atoms with Gasteiger partial charge >= 0.3 is 0 Å². The molecule has 0 aliphatic rings. The number of carbonyl (C=O) groups excluding carboxylic acids is 2. The van der Waals surface area contributed by atoms with Crippen molar-refractivity contribution in [2.24, 2.45) is 5.73 Å². The molecule has 0 saturated carbocycles. The summed E-state index contributed by atoms with van der Waals surface area (Å²) in [5.41, 5.74) is 5.01. The molecule has 14 heavy (non-hydrogen) atoms. The number of unbranched alkanes of at least 4 members (excludes halogenated alkanes) is 5. The normalized spacial score (nSPS) is 10.1. The van der Waals surface area contributed by atoms with Crippen molar-refractivity contribution in [1.82, 2.24) is 0 Å². The number of nitrogens with two attached hydrogens (primary N) is 1. The van der Waals surface area contributed by atoms with E-state index in [1.54, 1.807) is 0 Å². The smallest absolute Gasteiger partial charge is 0.217 e. The molecule has 0 radical (unpaired) electrons. The van der Waals surface area contributed by atoms with Gasteiger partial charge in [0.05, 0.1) is 0 Å². The predicted molar refractivity (Wildman–Crippen MR) is 65.2 cm³/mol. The Kier molecular flexibility index (Phi) is 9.34. The minimum absolute atomic E-state index is 0.208. The van der Waals surface area contributed by atoms with Gasteiger partial charge in [-0.15, -0.1) is 0 Å². The average molecular weight is 311 g/mol. The zero-order valence-electron chi connectivity index (χ0n) is 8.43. The Morgan fingerprint density at radius 3 is 1.71 bits per heavy atom. The zero-order chi connectivity index (χ0) is 10.8. The van der Waals surface area contributed by atoms with E-state index in [4.69, 9.17) is 5.73 Å². The minimum Gasteiger partial charge on any atom is -0.370 e. The van der Waals surface area contributed by atoms with Crippen LogP contribution in [0.15, 0.2) is 0 Å². The van der Waals surface area contributed by atoms with Crippen molar-refractivity contribution in [3.63, 3.8) is 0 Å². The highest BCUT2D eigenvalue weighted by atomic mass is 127. The van der Waals surface area contributed by atoms with Crippen molar-refractivity contribution in [1.29, 1.82) is 0 Å². The molecule has 0 heterocycles. The van der Waals surface area contributed by atoms with Crippen LogP contribution < -0.4 is 5.73 Å². The van der Waals surface area contributed by atoms with Gasteiger partial charge in [0.2, 0.25) is 5.91 Å². The molecule has 0 aromatic carbocycles. The Morgan fingerprint density at radius 2 is 1.29 bits per heavy atom. The van der Waals surface area contributed by atoms with Crippen LogP contribution >= 0.6 is 22.6 Å². The van der Waals surface area contributed by atoms with Crippen molar-refractivity contribution in [3.8, 4) is 0 Å².